The van der Waals surface area contributed by atoms with Crippen LogP contribution in [0.3, 0.4) is 0 Å². The van der Waals surface area contributed by atoms with Gasteiger partial charge in [-0.15, -0.1) is 0 Å². The van der Waals surface area contributed by atoms with Crippen molar-refractivity contribution < 1.29 is 14.6 Å². The highest BCUT2D eigenvalue weighted by Crippen LogP contribution is 2.42. The third-order valence-corrected chi connectivity index (χ3v) is 5.72. The zero-order valence-corrected chi connectivity index (χ0v) is 17.3. The molecule has 3 aromatic carbocycles. The van der Waals surface area contributed by atoms with E-state index in [9.17, 15) is 9.90 Å². The Balaban J connectivity index is 1.65. The topological polar surface area (TPSA) is 58.6 Å². The van der Waals surface area contributed by atoms with E-state index in [1.807, 2.05) is 30.3 Å². The van der Waals surface area contributed by atoms with Crippen LogP contribution in [0.1, 0.15) is 36.5 Å². The Morgan fingerprint density at radius 2 is 1.70 bits per heavy atom. The van der Waals surface area contributed by atoms with Gasteiger partial charge in [0.2, 0.25) is 0 Å². The second kappa shape index (κ2) is 8.62. The van der Waals surface area contributed by atoms with Crippen molar-refractivity contribution in [2.24, 2.45) is 0 Å². The number of carboxylic acid groups (broad SMARTS) is 1. The fourth-order valence-electron chi connectivity index (χ4n) is 4.28. The van der Waals surface area contributed by atoms with Crippen molar-refractivity contribution in [3.05, 3.63) is 89.5 Å². The summed E-state index contributed by atoms with van der Waals surface area (Å²) in [6, 6.07) is 24.3. The van der Waals surface area contributed by atoms with Crippen LogP contribution in [0.25, 0.3) is 11.1 Å². The fourth-order valence-corrected chi connectivity index (χ4v) is 4.28. The lowest BCUT2D eigenvalue weighted by molar-refractivity contribution is 0.154. The van der Waals surface area contributed by atoms with Crippen LogP contribution in [0.5, 0.6) is 5.75 Å². The van der Waals surface area contributed by atoms with Crippen LogP contribution < -0.4 is 10.1 Å². The second-order valence-electron chi connectivity index (χ2n) is 8.14. The molecule has 2 N–H and O–H groups in total. The van der Waals surface area contributed by atoms with E-state index in [0.717, 1.165) is 22.4 Å². The molecule has 0 aliphatic carbocycles. The van der Waals surface area contributed by atoms with Gasteiger partial charge in [-0.2, -0.15) is 0 Å². The van der Waals surface area contributed by atoms with E-state index in [2.05, 4.69) is 61.6 Å². The van der Waals surface area contributed by atoms with E-state index in [1.54, 1.807) is 0 Å². The number of nitrogens with one attached hydrogen (secondary N) is 1. The highest BCUT2D eigenvalue weighted by Gasteiger charge is 2.33. The molecule has 0 saturated carbocycles. The van der Waals surface area contributed by atoms with Gasteiger partial charge >= 0.3 is 6.09 Å². The summed E-state index contributed by atoms with van der Waals surface area (Å²) in [4.78, 5) is 11.5. The van der Waals surface area contributed by atoms with Crippen molar-refractivity contribution in [3.63, 3.8) is 0 Å². The van der Waals surface area contributed by atoms with E-state index in [0.29, 0.717) is 18.8 Å². The molecule has 30 heavy (non-hydrogen) atoms. The van der Waals surface area contributed by atoms with Gasteiger partial charge in [-0.05, 0) is 34.6 Å². The van der Waals surface area contributed by atoms with Crippen molar-refractivity contribution in [3.8, 4) is 16.9 Å². The maximum Gasteiger partial charge on any atom is 0.405 e. The van der Waals surface area contributed by atoms with E-state index >= 15 is 0 Å². The average Bonchev–Trinajstić information content (AvgIpc) is 3.18. The molecular formula is C26H27NO3. The Kier molecular flexibility index (Phi) is 5.75. The molecule has 1 heterocycles. The number of hydrogen-bond acceptors (Lipinski definition) is 2. The Morgan fingerprint density at radius 3 is 2.43 bits per heavy atom. The lowest BCUT2D eigenvalue weighted by Gasteiger charge is -2.24. The normalized spacial score (nSPS) is 16.0. The molecule has 154 valence electrons. The van der Waals surface area contributed by atoms with Crippen molar-refractivity contribution >= 4 is 6.09 Å². The van der Waals surface area contributed by atoms with Gasteiger partial charge in [-0.3, -0.25) is 0 Å². The molecule has 4 nitrogen and oxygen atoms in total. The summed E-state index contributed by atoms with van der Waals surface area (Å²) >= 11 is 0. The molecule has 4 rings (SSSR count). The van der Waals surface area contributed by atoms with Crippen LogP contribution in [-0.4, -0.2) is 23.3 Å². The smallest absolute Gasteiger partial charge is 0.405 e. The maximum atomic E-state index is 11.5. The summed E-state index contributed by atoms with van der Waals surface area (Å²) in [7, 11) is 0. The first kappa shape index (κ1) is 20.0. The van der Waals surface area contributed by atoms with Crippen molar-refractivity contribution in [1.82, 2.24) is 5.32 Å². The third kappa shape index (κ3) is 4.18. The fraction of sp³-hybridized carbons (Fsp3) is 0.269. The summed E-state index contributed by atoms with van der Waals surface area (Å²) in [5, 5.41) is 12.1. The highest BCUT2D eigenvalue weighted by atomic mass is 16.5. The first-order valence-electron chi connectivity index (χ1n) is 10.4. The summed E-state index contributed by atoms with van der Waals surface area (Å²) in [6.45, 7) is 4.39. The minimum Gasteiger partial charge on any atom is -0.487 e. The standard InChI is InChI=1S/C26H27NO3/c1-17(2)20-12-6-7-13-21(20)22-14-8-11-19-16-24(30-25(19)22)23(27-26(28)29)15-18-9-4-3-5-10-18/h3-14,17,23-24,27H,15-16H2,1-2H3,(H,28,29). The molecule has 1 amide bonds. The summed E-state index contributed by atoms with van der Waals surface area (Å²) in [5.41, 5.74) is 5.74. The predicted octanol–water partition coefficient (Wildman–Crippen LogP) is 5.66. The van der Waals surface area contributed by atoms with Gasteiger partial charge in [0.1, 0.15) is 11.9 Å². The van der Waals surface area contributed by atoms with Gasteiger partial charge in [0.15, 0.2) is 0 Å². The predicted molar refractivity (Wildman–Crippen MR) is 119 cm³/mol. The minimum absolute atomic E-state index is 0.247. The number of amides is 1. The molecule has 0 aromatic heterocycles. The Hall–Kier alpha value is -3.27. The van der Waals surface area contributed by atoms with Gasteiger partial charge in [-0.25, -0.2) is 4.79 Å². The zero-order chi connectivity index (χ0) is 21.1. The molecule has 0 bridgehead atoms. The Bertz CT molecular complexity index is 1030. The minimum atomic E-state index is -1.03. The quantitative estimate of drug-likeness (QED) is 0.560. The molecule has 4 heteroatoms. The number of fused-ring (bicyclic) bond motifs is 1. The number of ether oxygens (including phenoxy) is 1. The molecule has 2 atom stereocenters. The largest absolute Gasteiger partial charge is 0.487 e. The van der Waals surface area contributed by atoms with Crippen LogP contribution in [0.15, 0.2) is 72.8 Å². The molecule has 1 aliphatic heterocycles. The molecular weight excluding hydrogens is 374 g/mol. The molecule has 1 aliphatic rings. The van der Waals surface area contributed by atoms with Crippen molar-refractivity contribution in [2.75, 3.05) is 0 Å². The van der Waals surface area contributed by atoms with Crippen LogP contribution >= 0.6 is 0 Å². The molecule has 3 aromatic rings. The van der Waals surface area contributed by atoms with Gasteiger partial charge in [-0.1, -0.05) is 86.6 Å². The highest BCUT2D eigenvalue weighted by molar-refractivity contribution is 5.76. The molecule has 0 saturated heterocycles. The maximum absolute atomic E-state index is 11.5. The number of rotatable bonds is 6. The summed E-state index contributed by atoms with van der Waals surface area (Å²) in [5.74, 6) is 1.27. The van der Waals surface area contributed by atoms with Crippen LogP contribution in [0.2, 0.25) is 0 Å². The Morgan fingerprint density at radius 1 is 1.00 bits per heavy atom. The number of para-hydroxylation sites is 1. The van der Waals surface area contributed by atoms with Crippen molar-refractivity contribution in [2.45, 2.75) is 44.8 Å². The molecule has 0 fully saturated rings. The number of carbonyl (C=O) groups is 1. The zero-order valence-electron chi connectivity index (χ0n) is 17.3. The van der Waals surface area contributed by atoms with Crippen LogP contribution in [0.4, 0.5) is 4.79 Å². The van der Waals surface area contributed by atoms with E-state index < -0.39 is 6.09 Å². The first-order valence-corrected chi connectivity index (χ1v) is 10.4. The number of hydrogen-bond donors (Lipinski definition) is 2. The lowest BCUT2D eigenvalue weighted by atomic mass is 9.91. The van der Waals surface area contributed by atoms with E-state index in [1.165, 1.54) is 11.1 Å². The molecule has 0 spiro atoms. The number of benzene rings is 3. The monoisotopic (exact) mass is 401 g/mol. The Labute approximate surface area is 177 Å². The molecule has 0 radical (unpaired) electrons. The van der Waals surface area contributed by atoms with Gasteiger partial charge < -0.3 is 15.2 Å². The second-order valence-corrected chi connectivity index (χ2v) is 8.14. The van der Waals surface area contributed by atoms with Gasteiger partial charge in [0.05, 0.1) is 6.04 Å². The van der Waals surface area contributed by atoms with Crippen molar-refractivity contribution in [1.29, 1.82) is 0 Å². The van der Waals surface area contributed by atoms with E-state index in [4.69, 9.17) is 4.74 Å². The molecule has 2 unspecified atom stereocenters. The lowest BCUT2D eigenvalue weighted by Crippen LogP contribution is -2.46. The SMILES string of the molecule is CC(C)c1ccccc1-c1cccc2c1OC(C(Cc1ccccc1)NC(=O)O)C2. The van der Waals surface area contributed by atoms with Gasteiger partial charge in [0.25, 0.3) is 0 Å². The van der Waals surface area contributed by atoms with Crippen LogP contribution in [-0.2, 0) is 12.8 Å². The average molecular weight is 402 g/mol. The van der Waals surface area contributed by atoms with Crippen LogP contribution in [0, 0.1) is 0 Å². The first-order chi connectivity index (χ1) is 14.5. The van der Waals surface area contributed by atoms with E-state index in [-0.39, 0.29) is 12.1 Å². The summed E-state index contributed by atoms with van der Waals surface area (Å²) < 4.78 is 6.44. The van der Waals surface area contributed by atoms with Gasteiger partial charge in [0, 0.05) is 12.0 Å². The third-order valence-electron chi connectivity index (χ3n) is 5.72. The summed E-state index contributed by atoms with van der Waals surface area (Å²) in [6.07, 6.45) is -0.00125.